The predicted molar refractivity (Wildman–Crippen MR) is 267 cm³/mol. The Labute approximate surface area is 406 Å². The van der Waals surface area contributed by atoms with Crippen LogP contribution in [0.15, 0.2) is 140 Å². The molecule has 0 unspecified atom stereocenters. The monoisotopic (exact) mass is 1050 g/mol. The van der Waals surface area contributed by atoms with E-state index >= 15 is 0 Å². The molecule has 0 saturated heterocycles. The van der Waals surface area contributed by atoms with Crippen molar-refractivity contribution < 1.29 is 30.4 Å². The van der Waals surface area contributed by atoms with Crippen molar-refractivity contribution >= 4 is 21.8 Å². The molecule has 0 atom stereocenters. The molecule has 338 valence electrons. The van der Waals surface area contributed by atoms with Gasteiger partial charge in [0.05, 0.1) is 11.4 Å². The summed E-state index contributed by atoms with van der Waals surface area (Å²) < 4.78 is 13.5. The topological polar surface area (TPSA) is 35.9 Å². The smallest absolute Gasteiger partial charge is 0.267 e. The maximum Gasteiger partial charge on any atom is 0.267 e. The molecule has 0 N–H and O–H groups in total. The van der Waals surface area contributed by atoms with Gasteiger partial charge in [-0.3, -0.25) is 4.57 Å². The molecule has 0 aliphatic heterocycles. The fraction of sp³-hybridized carbons (Fsp3) is 0.267. The molecule has 0 saturated carbocycles. The molecule has 6 aromatic carbocycles. The molecule has 6 heteroatoms. The zero-order chi connectivity index (χ0) is 46.0. The molecular weight excluding hydrogens is 988 g/mol. The molecule has 5 nitrogen and oxygen atoms in total. The molecule has 3 aromatic heterocycles. The van der Waals surface area contributed by atoms with Crippen molar-refractivity contribution in [3.8, 4) is 39.8 Å². The summed E-state index contributed by atoms with van der Waals surface area (Å²) in [7, 11) is 0. The van der Waals surface area contributed by atoms with Gasteiger partial charge in [0.2, 0.25) is 0 Å². The SMILES string of the molecule is Cc1c(C)[n+](-c2cc(C(C)(C)C)cc(C(C)(C)C)c2)[c-]n1-c1[c-]c(Oc2[c-]c3c(cc2)c2ccccc2n3-c2cc(C(C)(C)c3ccccc3)ccn2)cc(-c2ccccc2C(C)C)c1.[Pt]. The molecule has 0 radical (unpaired) electrons. The molecule has 0 amide bonds. The summed E-state index contributed by atoms with van der Waals surface area (Å²) in [6.07, 6.45) is 5.69. The predicted octanol–water partition coefficient (Wildman–Crippen LogP) is 14.8. The second-order valence-corrected chi connectivity index (χ2v) is 20.5. The van der Waals surface area contributed by atoms with E-state index < -0.39 is 0 Å². The fourth-order valence-corrected chi connectivity index (χ4v) is 9.03. The largest absolute Gasteiger partial charge is 0.510 e. The number of rotatable bonds is 9. The standard InChI is InChI=1S/C60H60N4O.Pt/c1-39(2)51-22-16-17-23-52(51)42-30-47(62-38-63(41(4)40(62)3)48-33-45(58(5,6)7)32-46(34-48)59(8,9)10)36-50(31-42)65-49-26-27-54-53-24-18-19-25-55(53)64(56(54)37-49)57-35-44(28-29-61-57)60(11,12)43-20-14-13-15-21-43;/h13-35,39H,1-12H3;/q-2;. The Morgan fingerprint density at radius 3 is 1.98 bits per heavy atom. The number of hydrogen-bond acceptors (Lipinski definition) is 2. The van der Waals surface area contributed by atoms with Gasteiger partial charge in [-0.05, 0) is 105 Å². The zero-order valence-corrected chi connectivity index (χ0v) is 42.6. The van der Waals surface area contributed by atoms with Crippen LogP contribution in [-0.4, -0.2) is 14.1 Å². The molecule has 0 aliphatic rings. The van der Waals surface area contributed by atoms with Crippen LogP contribution in [0.4, 0.5) is 0 Å². The Morgan fingerprint density at radius 2 is 1.29 bits per heavy atom. The Kier molecular flexibility index (Phi) is 12.4. The van der Waals surface area contributed by atoms with E-state index in [4.69, 9.17) is 9.72 Å². The normalized spacial score (nSPS) is 12.3. The van der Waals surface area contributed by atoms with Crippen molar-refractivity contribution in [1.29, 1.82) is 0 Å². The Hall–Kier alpha value is -6.03. The minimum absolute atomic E-state index is 0. The maximum atomic E-state index is 6.92. The van der Waals surface area contributed by atoms with Crippen LogP contribution < -0.4 is 9.30 Å². The summed E-state index contributed by atoms with van der Waals surface area (Å²) in [5.41, 5.74) is 14.3. The van der Waals surface area contributed by atoms with Crippen LogP contribution in [0.1, 0.15) is 114 Å². The third-order valence-electron chi connectivity index (χ3n) is 13.2. The number of imidazole rings is 1. The van der Waals surface area contributed by atoms with E-state index in [-0.39, 0.29) is 37.3 Å². The van der Waals surface area contributed by atoms with Gasteiger partial charge in [-0.25, -0.2) is 4.98 Å². The van der Waals surface area contributed by atoms with Gasteiger partial charge >= 0.3 is 0 Å². The van der Waals surface area contributed by atoms with E-state index in [1.165, 1.54) is 27.8 Å². The van der Waals surface area contributed by atoms with E-state index in [2.05, 4.69) is 243 Å². The van der Waals surface area contributed by atoms with Crippen LogP contribution in [0, 0.1) is 32.3 Å². The first kappa shape index (κ1) is 46.5. The molecule has 0 fully saturated rings. The summed E-state index contributed by atoms with van der Waals surface area (Å²) in [4.78, 5) is 4.98. The van der Waals surface area contributed by atoms with Gasteiger partial charge in [0.1, 0.15) is 5.82 Å². The molecule has 66 heavy (non-hydrogen) atoms. The molecule has 0 bridgehead atoms. The zero-order valence-electron chi connectivity index (χ0n) is 40.4. The van der Waals surface area contributed by atoms with Crippen LogP contribution in [-0.2, 0) is 37.3 Å². The second kappa shape index (κ2) is 17.6. The number of ether oxygens (including phenoxy) is 1. The van der Waals surface area contributed by atoms with Gasteiger partial charge in [0.15, 0.2) is 0 Å². The average Bonchev–Trinajstić information content (AvgIpc) is 3.78. The quantitative estimate of drug-likeness (QED) is 0.107. The van der Waals surface area contributed by atoms with Crippen LogP contribution in [0.25, 0.3) is 50.1 Å². The number of pyridine rings is 1. The van der Waals surface area contributed by atoms with Crippen LogP contribution in [0.2, 0.25) is 0 Å². The van der Waals surface area contributed by atoms with Crippen LogP contribution >= 0.6 is 0 Å². The number of fused-ring (bicyclic) bond motifs is 3. The number of benzene rings is 6. The maximum absolute atomic E-state index is 6.92. The van der Waals surface area contributed by atoms with Crippen molar-refractivity contribution in [2.24, 2.45) is 0 Å². The summed E-state index contributed by atoms with van der Waals surface area (Å²) in [5.74, 6) is 2.33. The van der Waals surface area contributed by atoms with E-state index in [1.54, 1.807) is 0 Å². The molecular formula is C60H60N4OPt-2. The minimum Gasteiger partial charge on any atom is -0.510 e. The van der Waals surface area contributed by atoms with E-state index in [9.17, 15) is 0 Å². The molecule has 0 aliphatic carbocycles. The summed E-state index contributed by atoms with van der Waals surface area (Å²) in [5, 5.41) is 2.21. The van der Waals surface area contributed by atoms with Crippen molar-refractivity contribution in [3.05, 3.63) is 197 Å². The molecule has 9 rings (SSSR count). The van der Waals surface area contributed by atoms with Gasteiger partial charge in [0, 0.05) is 55.4 Å². The molecule has 9 aromatic rings. The Bertz CT molecular complexity index is 3200. The van der Waals surface area contributed by atoms with Crippen molar-refractivity contribution in [1.82, 2.24) is 14.1 Å². The van der Waals surface area contributed by atoms with Crippen molar-refractivity contribution in [3.63, 3.8) is 0 Å². The Balaban J connectivity index is 0.00000592. The minimum atomic E-state index is -0.235. The number of para-hydroxylation sites is 1. The third kappa shape index (κ3) is 8.71. The third-order valence-corrected chi connectivity index (χ3v) is 13.2. The van der Waals surface area contributed by atoms with Gasteiger partial charge < -0.3 is 13.9 Å². The Morgan fingerprint density at radius 1 is 0.621 bits per heavy atom. The van der Waals surface area contributed by atoms with Crippen LogP contribution in [0.5, 0.6) is 11.5 Å². The van der Waals surface area contributed by atoms with Gasteiger partial charge in [-0.15, -0.1) is 35.2 Å². The van der Waals surface area contributed by atoms with Gasteiger partial charge in [-0.2, -0.15) is 12.1 Å². The van der Waals surface area contributed by atoms with Crippen LogP contribution in [0.3, 0.4) is 0 Å². The van der Waals surface area contributed by atoms with E-state index in [0.717, 1.165) is 61.5 Å². The van der Waals surface area contributed by atoms with Gasteiger partial charge in [0.25, 0.3) is 6.33 Å². The van der Waals surface area contributed by atoms with Crippen molar-refractivity contribution in [2.45, 2.75) is 105 Å². The first-order chi connectivity index (χ1) is 30.9. The summed E-state index contributed by atoms with van der Waals surface area (Å²) in [6, 6.07) is 55.1. The van der Waals surface area contributed by atoms with Crippen molar-refractivity contribution in [2.75, 3.05) is 0 Å². The van der Waals surface area contributed by atoms with E-state index in [0.29, 0.717) is 17.4 Å². The fourth-order valence-electron chi connectivity index (χ4n) is 9.03. The first-order valence-electron chi connectivity index (χ1n) is 22.9. The molecule has 0 spiro atoms. The molecule has 3 heterocycles. The number of hydrogen-bond donors (Lipinski definition) is 0. The van der Waals surface area contributed by atoms with Gasteiger partial charge in [-0.1, -0.05) is 154 Å². The number of nitrogens with zero attached hydrogens (tertiary/aromatic N) is 4. The average molecular weight is 1050 g/mol. The van der Waals surface area contributed by atoms with E-state index in [1.807, 2.05) is 12.3 Å². The summed E-state index contributed by atoms with van der Waals surface area (Å²) >= 11 is 0. The number of aromatic nitrogens is 4. The first-order valence-corrected chi connectivity index (χ1v) is 22.9. The second-order valence-electron chi connectivity index (χ2n) is 20.5. The summed E-state index contributed by atoms with van der Waals surface area (Å²) in [6.45, 7) is 27.1.